The van der Waals surface area contributed by atoms with Gasteiger partial charge in [0.15, 0.2) is 0 Å². The molecule has 3 aromatic carbocycles. The number of carbonyl (C=O) groups is 2. The van der Waals surface area contributed by atoms with Crippen molar-refractivity contribution in [1.82, 2.24) is 14.9 Å². The van der Waals surface area contributed by atoms with Gasteiger partial charge in [0.1, 0.15) is 11.5 Å². The number of aromatic nitrogens is 2. The van der Waals surface area contributed by atoms with Gasteiger partial charge in [0, 0.05) is 36.6 Å². The van der Waals surface area contributed by atoms with Crippen molar-refractivity contribution in [3.8, 4) is 11.1 Å². The summed E-state index contributed by atoms with van der Waals surface area (Å²) in [4.78, 5) is 35.8. The molecule has 1 aromatic heterocycles. The average molecular weight is 722 g/mol. The molecule has 0 bridgehead atoms. The lowest BCUT2D eigenvalue weighted by atomic mass is 9.99. The summed E-state index contributed by atoms with van der Waals surface area (Å²) < 4.78 is 117. The number of rotatable bonds is 6. The van der Waals surface area contributed by atoms with Gasteiger partial charge in [-0.15, -0.1) is 0 Å². The predicted octanol–water partition coefficient (Wildman–Crippen LogP) is 7.27. The lowest BCUT2D eigenvalue weighted by Crippen LogP contribution is -2.29. The van der Waals surface area contributed by atoms with Crippen molar-refractivity contribution in [1.29, 1.82) is 0 Å². The first-order valence-electron chi connectivity index (χ1n) is 13.1. The fourth-order valence-corrected chi connectivity index (χ4v) is 4.83. The largest absolute Gasteiger partial charge is 0.416 e. The fraction of sp³-hybridized carbons (Fsp3) is 0.200. The Kier molecular flexibility index (Phi) is 11.6. The van der Waals surface area contributed by atoms with E-state index < -0.39 is 74.0 Å². The van der Waals surface area contributed by atoms with Crippen LogP contribution in [0.2, 0.25) is 5.02 Å². The zero-order valence-electron chi connectivity index (χ0n) is 24.8. The molecule has 0 saturated heterocycles. The first kappa shape index (κ1) is 37.8. The molecule has 0 aliphatic heterocycles. The van der Waals surface area contributed by atoms with E-state index in [9.17, 15) is 48.7 Å². The van der Waals surface area contributed by atoms with Gasteiger partial charge in [-0.2, -0.15) is 31.6 Å². The third-order valence-corrected chi connectivity index (χ3v) is 7.43. The zero-order chi connectivity index (χ0) is 36.2. The number of alkyl halides is 6. The smallest absolute Gasteiger partial charge is 0.336 e. The van der Waals surface area contributed by atoms with Gasteiger partial charge in [-0.3, -0.25) is 9.68 Å². The van der Waals surface area contributed by atoms with Crippen LogP contribution in [0.5, 0.6) is 0 Å². The van der Waals surface area contributed by atoms with Crippen LogP contribution >= 0.6 is 11.6 Å². The number of benzene rings is 3. The van der Waals surface area contributed by atoms with E-state index in [0.29, 0.717) is 22.7 Å². The van der Waals surface area contributed by atoms with Crippen LogP contribution in [0.4, 0.5) is 30.7 Å². The van der Waals surface area contributed by atoms with Gasteiger partial charge < -0.3 is 4.90 Å². The predicted molar refractivity (Wildman–Crippen MR) is 157 cm³/mol. The molecule has 0 aliphatic rings. The van der Waals surface area contributed by atoms with E-state index in [2.05, 4.69) is 14.9 Å². The molecule has 0 saturated carbocycles. The van der Waals surface area contributed by atoms with E-state index in [1.165, 1.54) is 25.1 Å². The monoisotopic (exact) mass is 721 g/mol. The molecule has 0 spiro atoms. The zero-order valence-corrected chi connectivity index (χ0v) is 26.4. The topological polar surface area (TPSA) is 127 Å². The molecule has 0 aliphatic carbocycles. The SMILES string of the molecule is Cc1cc(F)ccc1-c1cnc(S(C)(=O)=O)nc1C(=O)N(C)Cc1cc(C(F)(F)F)cc(C(F)(F)F)c1.O=C(OO)c1cccc(Cl)c1. The molecule has 1 N–H and O–H groups in total. The van der Waals surface area contributed by atoms with Gasteiger partial charge >= 0.3 is 18.3 Å². The van der Waals surface area contributed by atoms with E-state index in [0.717, 1.165) is 36.5 Å². The van der Waals surface area contributed by atoms with E-state index in [-0.39, 0.29) is 22.8 Å². The minimum absolute atomic E-state index is 0.0122. The number of hydrogen-bond donors (Lipinski definition) is 1. The van der Waals surface area contributed by atoms with Crippen molar-refractivity contribution in [3.63, 3.8) is 0 Å². The minimum atomic E-state index is -5.08. The number of aryl methyl sites for hydroxylation is 1. The van der Waals surface area contributed by atoms with Gasteiger partial charge in [-0.25, -0.2) is 27.6 Å². The van der Waals surface area contributed by atoms with E-state index in [1.807, 2.05) is 0 Å². The molecule has 4 rings (SSSR count). The highest BCUT2D eigenvalue weighted by molar-refractivity contribution is 7.90. The normalized spacial score (nSPS) is 11.8. The van der Waals surface area contributed by atoms with Crippen molar-refractivity contribution in [2.75, 3.05) is 13.3 Å². The molecule has 0 unspecified atom stereocenters. The summed E-state index contributed by atoms with van der Waals surface area (Å²) in [6, 6.07) is 10.5. The van der Waals surface area contributed by atoms with Crippen molar-refractivity contribution in [3.05, 3.63) is 111 Å². The van der Waals surface area contributed by atoms with Crippen LogP contribution in [0, 0.1) is 12.7 Å². The Morgan fingerprint density at radius 3 is 2.04 bits per heavy atom. The standard InChI is InChI=1S/C23H18F7N3O3S.C7H5ClO3/c1-12-6-16(24)4-5-17(12)18-10-31-21(37(3,35)36)32-19(18)20(34)33(2)11-13-7-14(22(25,26)27)9-15(8-13)23(28,29)30;8-6-3-1-2-5(4-6)7(9)11-10/h4-10H,11H2,1-3H3;1-4,10H. The van der Waals surface area contributed by atoms with Gasteiger partial charge in [0.2, 0.25) is 15.0 Å². The highest BCUT2D eigenvalue weighted by atomic mass is 35.5. The maximum absolute atomic E-state index is 13.6. The molecule has 0 radical (unpaired) electrons. The van der Waals surface area contributed by atoms with Crippen LogP contribution in [0.1, 0.15) is 43.1 Å². The van der Waals surface area contributed by atoms with E-state index >= 15 is 0 Å². The highest BCUT2D eigenvalue weighted by Gasteiger charge is 2.37. The number of nitrogens with zero attached hydrogens (tertiary/aromatic N) is 3. The van der Waals surface area contributed by atoms with Crippen molar-refractivity contribution < 1.29 is 58.9 Å². The summed E-state index contributed by atoms with van der Waals surface area (Å²) in [5.74, 6) is -2.42. The quantitative estimate of drug-likeness (QED) is 0.0954. The molecule has 1 heterocycles. The summed E-state index contributed by atoms with van der Waals surface area (Å²) in [5, 5.41) is 7.68. The van der Waals surface area contributed by atoms with Crippen LogP contribution in [0.3, 0.4) is 0 Å². The maximum atomic E-state index is 13.6. The molecule has 1 amide bonds. The van der Waals surface area contributed by atoms with Crippen LogP contribution in [-0.4, -0.2) is 53.7 Å². The Labute approximate surface area is 273 Å². The minimum Gasteiger partial charge on any atom is -0.336 e. The van der Waals surface area contributed by atoms with Crippen molar-refractivity contribution in [2.24, 2.45) is 0 Å². The third-order valence-electron chi connectivity index (χ3n) is 6.34. The lowest BCUT2D eigenvalue weighted by Gasteiger charge is -2.21. The fourth-order valence-electron chi connectivity index (χ4n) is 4.14. The first-order chi connectivity index (χ1) is 22.1. The van der Waals surface area contributed by atoms with Crippen LogP contribution in [-0.2, 0) is 33.6 Å². The van der Waals surface area contributed by atoms with Crippen molar-refractivity contribution in [2.45, 2.75) is 31.0 Å². The number of hydrogen-bond acceptors (Lipinski definition) is 8. The summed E-state index contributed by atoms with van der Waals surface area (Å²) >= 11 is 5.56. The van der Waals surface area contributed by atoms with Crippen LogP contribution in [0.15, 0.2) is 72.0 Å². The first-order valence-corrected chi connectivity index (χ1v) is 15.4. The average Bonchev–Trinajstić information content (AvgIpc) is 2.99. The maximum Gasteiger partial charge on any atom is 0.416 e. The number of halogens is 8. The Balaban J connectivity index is 0.000000480. The van der Waals surface area contributed by atoms with E-state index in [1.54, 1.807) is 12.1 Å². The molecule has 9 nitrogen and oxygen atoms in total. The second-order valence-electron chi connectivity index (χ2n) is 10.1. The number of sulfone groups is 1. The Hall–Kier alpha value is -4.61. The summed E-state index contributed by atoms with van der Waals surface area (Å²) in [6.45, 7) is 0.800. The van der Waals surface area contributed by atoms with Gasteiger partial charge in [0.05, 0.1) is 16.7 Å². The molecule has 0 atom stereocenters. The van der Waals surface area contributed by atoms with Gasteiger partial charge in [0.25, 0.3) is 5.91 Å². The van der Waals surface area contributed by atoms with Crippen LogP contribution in [0.25, 0.3) is 11.1 Å². The third kappa shape index (κ3) is 9.71. The van der Waals surface area contributed by atoms with Crippen LogP contribution < -0.4 is 0 Å². The van der Waals surface area contributed by atoms with Crippen molar-refractivity contribution >= 4 is 33.3 Å². The Morgan fingerprint density at radius 2 is 1.54 bits per heavy atom. The Morgan fingerprint density at radius 1 is 0.938 bits per heavy atom. The summed E-state index contributed by atoms with van der Waals surface area (Å²) in [6.07, 6.45) is -8.35. The van der Waals surface area contributed by atoms with Gasteiger partial charge in [-0.1, -0.05) is 23.7 Å². The molecule has 18 heteroatoms. The van der Waals surface area contributed by atoms with Gasteiger partial charge in [-0.05, 0) is 72.1 Å². The highest BCUT2D eigenvalue weighted by Crippen LogP contribution is 2.37. The number of carbonyl (C=O) groups excluding carboxylic acids is 2. The molecule has 256 valence electrons. The second-order valence-corrected chi connectivity index (χ2v) is 12.5. The summed E-state index contributed by atoms with van der Waals surface area (Å²) in [5.41, 5.74) is -3.27. The molecular formula is C30H23ClF7N3O6S. The Bertz CT molecular complexity index is 1920. The molecule has 48 heavy (non-hydrogen) atoms. The molecule has 0 fully saturated rings. The summed E-state index contributed by atoms with van der Waals surface area (Å²) in [7, 11) is -2.91. The molecule has 4 aromatic rings. The van der Waals surface area contributed by atoms with E-state index in [4.69, 9.17) is 16.9 Å². The second kappa shape index (κ2) is 14.7. The lowest BCUT2D eigenvalue weighted by molar-refractivity contribution is -0.182. The number of amides is 1. The molecular weight excluding hydrogens is 699 g/mol.